The van der Waals surface area contributed by atoms with Crippen LogP contribution in [-0.2, 0) is 14.3 Å². The smallest absolute Gasteiger partial charge is 0.391 e. The maximum atomic E-state index is 11.8. The molecule has 2 atom stereocenters. The van der Waals surface area contributed by atoms with Crippen LogP contribution in [0, 0.1) is 0 Å². The Morgan fingerprint density at radius 2 is 2.13 bits per heavy atom. The van der Waals surface area contributed by atoms with E-state index in [0.717, 1.165) is 6.08 Å². The van der Waals surface area contributed by atoms with Crippen LogP contribution in [0.25, 0.3) is 0 Å². The molecule has 0 aromatic rings. The van der Waals surface area contributed by atoms with Gasteiger partial charge in [0.25, 0.3) is 0 Å². The van der Waals surface area contributed by atoms with Gasteiger partial charge in [-0.15, -0.1) is 0 Å². The van der Waals surface area contributed by atoms with Gasteiger partial charge in [-0.05, 0) is 0 Å². The quantitative estimate of drug-likeness (QED) is 0.406. The highest BCUT2D eigenvalue weighted by molar-refractivity contribution is 5.81. The van der Waals surface area contributed by atoms with Gasteiger partial charge in [-0.1, -0.05) is 6.58 Å². The van der Waals surface area contributed by atoms with E-state index >= 15 is 0 Å². The number of epoxide rings is 1. The zero-order chi connectivity index (χ0) is 11.5. The van der Waals surface area contributed by atoms with E-state index in [-0.39, 0.29) is 6.61 Å². The fraction of sp³-hybridized carbons (Fsp3) is 0.667. The van der Waals surface area contributed by atoms with Crippen molar-refractivity contribution in [3.05, 3.63) is 12.7 Å². The fourth-order valence-corrected chi connectivity index (χ4v) is 1.18. The molecule has 0 aromatic heterocycles. The topological polar surface area (TPSA) is 38.8 Å². The number of hydrogen-bond donors (Lipinski definition) is 0. The van der Waals surface area contributed by atoms with Gasteiger partial charge in [0.2, 0.25) is 0 Å². The number of ether oxygens (including phenoxy) is 2. The summed E-state index contributed by atoms with van der Waals surface area (Å²) < 4.78 is 44.9. The molecular formula is C9H11F3O3. The molecule has 0 saturated carbocycles. The average Bonchev–Trinajstić information content (AvgIpc) is 2.80. The van der Waals surface area contributed by atoms with Crippen LogP contribution in [0.5, 0.6) is 0 Å². The van der Waals surface area contributed by atoms with Gasteiger partial charge in [0.05, 0.1) is 25.2 Å². The molecule has 1 saturated heterocycles. The minimum atomic E-state index is -4.20. The van der Waals surface area contributed by atoms with Crippen LogP contribution in [0.15, 0.2) is 12.7 Å². The molecule has 0 bridgehead atoms. The number of alkyl halides is 3. The first-order valence-electron chi connectivity index (χ1n) is 4.44. The molecule has 0 spiro atoms. The summed E-state index contributed by atoms with van der Waals surface area (Å²) in [7, 11) is 0. The maximum Gasteiger partial charge on any atom is 0.391 e. The van der Waals surface area contributed by atoms with E-state index < -0.39 is 30.8 Å². The summed E-state index contributed by atoms with van der Waals surface area (Å²) >= 11 is 0. The number of esters is 1. The van der Waals surface area contributed by atoms with E-state index in [1.165, 1.54) is 0 Å². The Labute approximate surface area is 84.8 Å². The molecule has 0 N–H and O–H groups in total. The maximum absolute atomic E-state index is 11.8. The van der Waals surface area contributed by atoms with Crippen molar-refractivity contribution in [2.45, 2.75) is 31.2 Å². The van der Waals surface area contributed by atoms with E-state index in [1.807, 2.05) is 0 Å². The standard InChI is InChI=1S/C9H11F3O3/c1-2-8(13)14-4-3-6-7(15-6)5-9(10,11)12/h2,6-7H,1,3-5H2. The summed E-state index contributed by atoms with van der Waals surface area (Å²) in [5.41, 5.74) is 0. The molecule has 0 aromatic carbocycles. The van der Waals surface area contributed by atoms with Gasteiger partial charge in [-0.25, -0.2) is 4.79 Å². The summed E-state index contributed by atoms with van der Waals surface area (Å²) in [6, 6.07) is 0. The third-order valence-electron chi connectivity index (χ3n) is 1.93. The third kappa shape index (κ3) is 4.83. The van der Waals surface area contributed by atoms with Gasteiger partial charge in [0.15, 0.2) is 0 Å². The lowest BCUT2D eigenvalue weighted by atomic mass is 10.2. The van der Waals surface area contributed by atoms with Crippen molar-refractivity contribution in [1.82, 2.24) is 0 Å². The number of halogens is 3. The number of hydrogen-bond acceptors (Lipinski definition) is 3. The summed E-state index contributed by atoms with van der Waals surface area (Å²) in [5.74, 6) is -0.581. The molecule has 2 unspecified atom stereocenters. The number of carbonyl (C=O) groups excluding carboxylic acids is 1. The molecule has 6 heteroatoms. The molecule has 3 nitrogen and oxygen atoms in total. The number of carbonyl (C=O) groups is 1. The lowest BCUT2D eigenvalue weighted by Gasteiger charge is -2.02. The molecule has 0 amide bonds. The normalized spacial score (nSPS) is 24.7. The second-order valence-corrected chi connectivity index (χ2v) is 3.19. The largest absolute Gasteiger partial charge is 0.462 e. The Morgan fingerprint density at radius 3 is 2.67 bits per heavy atom. The van der Waals surface area contributed by atoms with E-state index in [9.17, 15) is 18.0 Å². The van der Waals surface area contributed by atoms with Crippen molar-refractivity contribution < 1.29 is 27.4 Å². The Hall–Kier alpha value is -1.04. The molecular weight excluding hydrogens is 213 g/mol. The van der Waals surface area contributed by atoms with Gasteiger partial charge >= 0.3 is 12.1 Å². The Morgan fingerprint density at radius 1 is 1.47 bits per heavy atom. The van der Waals surface area contributed by atoms with Crippen molar-refractivity contribution in [1.29, 1.82) is 0 Å². The van der Waals surface area contributed by atoms with E-state index in [0.29, 0.717) is 6.42 Å². The summed E-state index contributed by atoms with van der Waals surface area (Å²) in [6.07, 6.45) is -5.05. The number of rotatable bonds is 5. The summed E-state index contributed by atoms with van der Waals surface area (Å²) in [4.78, 5) is 10.6. The van der Waals surface area contributed by atoms with Crippen molar-refractivity contribution in [2.24, 2.45) is 0 Å². The molecule has 1 fully saturated rings. The highest BCUT2D eigenvalue weighted by atomic mass is 19.4. The minimum Gasteiger partial charge on any atom is -0.462 e. The highest BCUT2D eigenvalue weighted by Crippen LogP contribution is 2.35. The van der Waals surface area contributed by atoms with Gasteiger partial charge in [-0.3, -0.25) is 0 Å². The fourth-order valence-electron chi connectivity index (χ4n) is 1.18. The molecule has 15 heavy (non-hydrogen) atoms. The monoisotopic (exact) mass is 224 g/mol. The minimum absolute atomic E-state index is 0.0594. The first-order valence-corrected chi connectivity index (χ1v) is 4.44. The van der Waals surface area contributed by atoms with E-state index in [2.05, 4.69) is 11.3 Å². The van der Waals surface area contributed by atoms with E-state index in [1.54, 1.807) is 0 Å². The lowest BCUT2D eigenvalue weighted by molar-refractivity contribution is -0.139. The Bertz CT molecular complexity index is 249. The van der Waals surface area contributed by atoms with Crippen LogP contribution in [-0.4, -0.2) is 31.0 Å². The second kappa shape index (κ2) is 4.65. The van der Waals surface area contributed by atoms with Gasteiger partial charge < -0.3 is 9.47 Å². The van der Waals surface area contributed by atoms with E-state index in [4.69, 9.17) is 4.74 Å². The third-order valence-corrected chi connectivity index (χ3v) is 1.93. The van der Waals surface area contributed by atoms with Crippen molar-refractivity contribution >= 4 is 5.97 Å². The average molecular weight is 224 g/mol. The highest BCUT2D eigenvalue weighted by Gasteiger charge is 2.46. The second-order valence-electron chi connectivity index (χ2n) is 3.19. The zero-order valence-electron chi connectivity index (χ0n) is 7.92. The van der Waals surface area contributed by atoms with Crippen LogP contribution >= 0.6 is 0 Å². The first-order chi connectivity index (χ1) is 6.92. The molecule has 1 aliphatic heterocycles. The van der Waals surface area contributed by atoms with Crippen molar-refractivity contribution in [3.8, 4) is 0 Å². The van der Waals surface area contributed by atoms with Crippen LogP contribution in [0.2, 0.25) is 0 Å². The first kappa shape index (κ1) is 12.0. The van der Waals surface area contributed by atoms with Crippen LogP contribution in [0.1, 0.15) is 12.8 Å². The van der Waals surface area contributed by atoms with Gasteiger partial charge in [-0.2, -0.15) is 13.2 Å². The zero-order valence-corrected chi connectivity index (χ0v) is 7.92. The van der Waals surface area contributed by atoms with Crippen molar-refractivity contribution in [2.75, 3.05) is 6.61 Å². The Kier molecular flexibility index (Phi) is 3.73. The van der Waals surface area contributed by atoms with Crippen LogP contribution < -0.4 is 0 Å². The molecule has 1 heterocycles. The van der Waals surface area contributed by atoms with Crippen LogP contribution in [0.3, 0.4) is 0 Å². The summed E-state index contributed by atoms with van der Waals surface area (Å²) in [5, 5.41) is 0. The Balaban J connectivity index is 2.07. The SMILES string of the molecule is C=CC(=O)OCCC1OC1CC(F)(F)F. The lowest BCUT2D eigenvalue weighted by Crippen LogP contribution is -2.13. The molecule has 86 valence electrons. The molecule has 1 rings (SSSR count). The predicted octanol–water partition coefficient (Wildman–Crippen LogP) is 1.83. The summed E-state index contributed by atoms with van der Waals surface area (Å²) in [6.45, 7) is 3.24. The van der Waals surface area contributed by atoms with Crippen molar-refractivity contribution in [3.63, 3.8) is 0 Å². The predicted molar refractivity (Wildman–Crippen MR) is 45.1 cm³/mol. The van der Waals surface area contributed by atoms with Crippen LogP contribution in [0.4, 0.5) is 13.2 Å². The molecule has 0 radical (unpaired) electrons. The van der Waals surface area contributed by atoms with Gasteiger partial charge in [0, 0.05) is 12.5 Å². The van der Waals surface area contributed by atoms with Gasteiger partial charge in [0.1, 0.15) is 0 Å². The molecule has 1 aliphatic rings. The molecule has 0 aliphatic carbocycles.